The number of aliphatic hydroxyl groups excluding tert-OH is 1. The molecule has 0 radical (unpaired) electrons. The highest BCUT2D eigenvalue weighted by Crippen LogP contribution is 2.29. The Morgan fingerprint density at radius 1 is 1.54 bits per heavy atom. The molecule has 0 spiro atoms. The van der Waals surface area contributed by atoms with Gasteiger partial charge in [-0.25, -0.2) is 0 Å². The zero-order chi connectivity index (χ0) is 9.68. The number of rotatable bonds is 7. The van der Waals surface area contributed by atoms with Crippen LogP contribution in [-0.2, 0) is 0 Å². The van der Waals surface area contributed by atoms with Crippen molar-refractivity contribution in [1.29, 1.82) is 0 Å². The topological polar surface area (TPSA) is 49.5 Å². The van der Waals surface area contributed by atoms with Gasteiger partial charge in [-0.2, -0.15) is 0 Å². The fourth-order valence-corrected chi connectivity index (χ4v) is 1.61. The van der Waals surface area contributed by atoms with Crippen molar-refractivity contribution in [2.45, 2.75) is 32.3 Å². The predicted octanol–water partition coefficient (Wildman–Crippen LogP) is 0.428. The Labute approximate surface area is 80.9 Å². The van der Waals surface area contributed by atoms with E-state index in [2.05, 4.69) is 11.8 Å². The van der Waals surface area contributed by atoms with Crippen molar-refractivity contribution in [3.8, 4) is 0 Å². The third-order valence-electron chi connectivity index (χ3n) is 2.49. The second-order valence-corrected chi connectivity index (χ2v) is 4.09. The molecule has 3 N–H and O–H groups in total. The lowest BCUT2D eigenvalue weighted by Gasteiger charge is -2.23. The molecule has 3 heteroatoms. The van der Waals surface area contributed by atoms with Crippen LogP contribution in [0.3, 0.4) is 0 Å². The maximum Gasteiger partial charge on any atom is 0.0789 e. The van der Waals surface area contributed by atoms with Gasteiger partial charge in [0.1, 0.15) is 0 Å². The first-order valence-corrected chi connectivity index (χ1v) is 5.36. The van der Waals surface area contributed by atoms with Crippen molar-refractivity contribution in [1.82, 2.24) is 4.90 Å². The fraction of sp³-hybridized carbons (Fsp3) is 1.00. The first-order valence-electron chi connectivity index (χ1n) is 5.36. The average molecular weight is 186 g/mol. The van der Waals surface area contributed by atoms with Gasteiger partial charge in [-0.3, -0.25) is 0 Å². The summed E-state index contributed by atoms with van der Waals surface area (Å²) in [5.41, 5.74) is 5.39. The molecule has 1 atom stereocenters. The van der Waals surface area contributed by atoms with Crippen LogP contribution in [0, 0.1) is 5.92 Å². The van der Waals surface area contributed by atoms with Crippen molar-refractivity contribution < 1.29 is 5.11 Å². The quantitative estimate of drug-likeness (QED) is 0.606. The van der Waals surface area contributed by atoms with Crippen LogP contribution in [0.4, 0.5) is 0 Å². The first kappa shape index (κ1) is 11.0. The van der Waals surface area contributed by atoms with E-state index < -0.39 is 0 Å². The van der Waals surface area contributed by atoms with E-state index in [1.165, 1.54) is 12.8 Å². The summed E-state index contributed by atoms with van der Waals surface area (Å²) in [6.45, 7) is 5.55. The summed E-state index contributed by atoms with van der Waals surface area (Å²) in [6.07, 6.45) is 3.56. The highest BCUT2D eigenvalue weighted by Gasteiger charge is 2.24. The van der Waals surface area contributed by atoms with E-state index in [0.29, 0.717) is 6.54 Å². The molecule has 0 aromatic rings. The van der Waals surface area contributed by atoms with Crippen LogP contribution in [0.5, 0.6) is 0 Å². The molecule has 0 aromatic carbocycles. The smallest absolute Gasteiger partial charge is 0.0789 e. The maximum atomic E-state index is 9.42. The Bertz CT molecular complexity index is 137. The van der Waals surface area contributed by atoms with Crippen LogP contribution in [0.1, 0.15) is 26.2 Å². The van der Waals surface area contributed by atoms with E-state index >= 15 is 0 Å². The average Bonchev–Trinajstić information content (AvgIpc) is 2.88. The monoisotopic (exact) mass is 186 g/mol. The van der Waals surface area contributed by atoms with Gasteiger partial charge < -0.3 is 15.7 Å². The van der Waals surface area contributed by atoms with Crippen LogP contribution in [-0.4, -0.2) is 42.3 Å². The lowest BCUT2D eigenvalue weighted by molar-refractivity contribution is 0.115. The molecule has 1 unspecified atom stereocenters. The molecular formula is C10H22N2O. The maximum absolute atomic E-state index is 9.42. The summed E-state index contributed by atoms with van der Waals surface area (Å²) < 4.78 is 0. The number of aliphatic hydroxyl groups is 1. The molecule has 1 rings (SSSR count). The molecule has 1 aliphatic rings. The van der Waals surface area contributed by atoms with Crippen molar-refractivity contribution in [3.63, 3.8) is 0 Å². The highest BCUT2D eigenvalue weighted by molar-refractivity contribution is 4.78. The van der Waals surface area contributed by atoms with Gasteiger partial charge in [-0.15, -0.1) is 0 Å². The Kier molecular flexibility index (Phi) is 4.70. The lowest BCUT2D eigenvalue weighted by Crippen LogP contribution is -2.38. The molecule has 0 saturated heterocycles. The van der Waals surface area contributed by atoms with E-state index in [1.807, 2.05) is 0 Å². The minimum absolute atomic E-state index is 0.342. The molecular weight excluding hydrogens is 164 g/mol. The zero-order valence-corrected chi connectivity index (χ0v) is 8.58. The number of hydrogen-bond acceptors (Lipinski definition) is 3. The summed E-state index contributed by atoms with van der Waals surface area (Å²) >= 11 is 0. The zero-order valence-electron chi connectivity index (χ0n) is 8.58. The van der Waals surface area contributed by atoms with Gasteiger partial charge in [0.15, 0.2) is 0 Å². The Balaban J connectivity index is 2.18. The molecule has 1 fully saturated rings. The van der Waals surface area contributed by atoms with Crippen molar-refractivity contribution in [2.24, 2.45) is 11.7 Å². The molecule has 3 nitrogen and oxygen atoms in total. The van der Waals surface area contributed by atoms with Crippen LogP contribution >= 0.6 is 0 Å². The SMILES string of the molecule is CCCN(CC(O)CN)CC1CC1. The molecule has 0 bridgehead atoms. The Morgan fingerprint density at radius 3 is 2.69 bits per heavy atom. The van der Waals surface area contributed by atoms with E-state index in [4.69, 9.17) is 5.73 Å². The van der Waals surface area contributed by atoms with Gasteiger partial charge in [0.2, 0.25) is 0 Å². The molecule has 78 valence electrons. The molecule has 13 heavy (non-hydrogen) atoms. The lowest BCUT2D eigenvalue weighted by atomic mass is 10.2. The van der Waals surface area contributed by atoms with Crippen molar-refractivity contribution in [3.05, 3.63) is 0 Å². The fourth-order valence-electron chi connectivity index (χ4n) is 1.61. The summed E-state index contributed by atoms with van der Waals surface area (Å²) in [5.74, 6) is 0.900. The van der Waals surface area contributed by atoms with E-state index in [-0.39, 0.29) is 6.10 Å². The van der Waals surface area contributed by atoms with E-state index in [1.54, 1.807) is 0 Å². The second-order valence-electron chi connectivity index (χ2n) is 4.09. The minimum Gasteiger partial charge on any atom is -0.390 e. The van der Waals surface area contributed by atoms with Gasteiger partial charge in [-0.1, -0.05) is 6.92 Å². The van der Waals surface area contributed by atoms with Gasteiger partial charge in [0, 0.05) is 19.6 Å². The molecule has 0 amide bonds. The van der Waals surface area contributed by atoms with Crippen molar-refractivity contribution >= 4 is 0 Å². The largest absolute Gasteiger partial charge is 0.390 e. The van der Waals surface area contributed by atoms with Crippen LogP contribution in [0.15, 0.2) is 0 Å². The van der Waals surface area contributed by atoms with Gasteiger partial charge in [0.25, 0.3) is 0 Å². The Morgan fingerprint density at radius 2 is 2.23 bits per heavy atom. The van der Waals surface area contributed by atoms with Crippen LogP contribution in [0.25, 0.3) is 0 Å². The Hall–Kier alpha value is -0.120. The van der Waals surface area contributed by atoms with Crippen molar-refractivity contribution in [2.75, 3.05) is 26.2 Å². The summed E-state index contributed by atoms with van der Waals surface area (Å²) in [6, 6.07) is 0. The molecule has 0 heterocycles. The molecule has 1 saturated carbocycles. The highest BCUT2D eigenvalue weighted by atomic mass is 16.3. The van der Waals surface area contributed by atoms with Gasteiger partial charge in [-0.05, 0) is 31.7 Å². The minimum atomic E-state index is -0.342. The predicted molar refractivity (Wildman–Crippen MR) is 54.5 cm³/mol. The summed E-state index contributed by atoms with van der Waals surface area (Å²) in [7, 11) is 0. The van der Waals surface area contributed by atoms with Crippen LogP contribution < -0.4 is 5.73 Å². The second kappa shape index (κ2) is 5.58. The third-order valence-corrected chi connectivity index (χ3v) is 2.49. The molecule has 1 aliphatic carbocycles. The van der Waals surface area contributed by atoms with E-state index in [0.717, 1.165) is 32.0 Å². The first-order chi connectivity index (χ1) is 6.26. The number of hydrogen-bond donors (Lipinski definition) is 2. The number of nitrogens with zero attached hydrogens (tertiary/aromatic N) is 1. The molecule has 0 aliphatic heterocycles. The summed E-state index contributed by atoms with van der Waals surface area (Å²) in [4.78, 5) is 2.34. The van der Waals surface area contributed by atoms with E-state index in [9.17, 15) is 5.11 Å². The summed E-state index contributed by atoms with van der Waals surface area (Å²) in [5, 5.41) is 9.42. The normalized spacial score (nSPS) is 19.4. The van der Waals surface area contributed by atoms with Crippen LogP contribution in [0.2, 0.25) is 0 Å². The molecule has 0 aromatic heterocycles. The third kappa shape index (κ3) is 4.60. The standard InChI is InChI=1S/C10H22N2O/c1-2-5-12(7-9-3-4-9)8-10(13)6-11/h9-10,13H,2-8,11H2,1H3. The van der Waals surface area contributed by atoms with Gasteiger partial charge >= 0.3 is 0 Å². The van der Waals surface area contributed by atoms with Gasteiger partial charge in [0.05, 0.1) is 6.10 Å². The number of nitrogens with two attached hydrogens (primary N) is 1.